The van der Waals surface area contributed by atoms with Gasteiger partial charge in [0.2, 0.25) is 0 Å². The Labute approximate surface area is 108 Å². The number of nitrogen functional groups attached to an aromatic ring is 1. The first-order valence-electron chi connectivity index (χ1n) is 5.92. The Balaban J connectivity index is 2.38. The molecule has 18 heavy (non-hydrogen) atoms. The van der Waals surface area contributed by atoms with Gasteiger partial charge in [0, 0.05) is 11.2 Å². The smallest absolute Gasteiger partial charge is 0.399 e. The number of hydrogen-bond acceptors (Lipinski definition) is 4. The molecule has 0 radical (unpaired) electrons. The summed E-state index contributed by atoms with van der Waals surface area (Å²) in [5, 5.41) is 8.93. The van der Waals surface area contributed by atoms with E-state index in [-0.39, 0.29) is 0 Å². The monoisotopic (exact) mass is 244 g/mol. The summed E-state index contributed by atoms with van der Waals surface area (Å²) >= 11 is 0. The number of nitriles is 1. The summed E-state index contributed by atoms with van der Waals surface area (Å²) in [6, 6.07) is 7.20. The highest BCUT2D eigenvalue weighted by molar-refractivity contribution is 6.63. The zero-order valence-electron chi connectivity index (χ0n) is 11.2. The highest BCUT2D eigenvalue weighted by atomic mass is 16.7. The van der Waals surface area contributed by atoms with Crippen LogP contribution >= 0.6 is 0 Å². The zero-order chi connectivity index (χ0) is 13.6. The van der Waals surface area contributed by atoms with Crippen LogP contribution in [0.5, 0.6) is 0 Å². The quantitative estimate of drug-likeness (QED) is 0.599. The summed E-state index contributed by atoms with van der Waals surface area (Å²) in [6.07, 6.45) is 0. The Morgan fingerprint density at radius 1 is 1.17 bits per heavy atom. The highest BCUT2D eigenvalue weighted by Crippen LogP contribution is 2.36. The second-order valence-corrected chi connectivity index (χ2v) is 5.54. The van der Waals surface area contributed by atoms with E-state index >= 15 is 0 Å². The molecule has 0 bridgehead atoms. The van der Waals surface area contributed by atoms with E-state index in [4.69, 9.17) is 20.3 Å². The van der Waals surface area contributed by atoms with Gasteiger partial charge in [0.05, 0.1) is 22.8 Å². The van der Waals surface area contributed by atoms with E-state index in [1.807, 2.05) is 27.7 Å². The molecule has 4 nitrogen and oxygen atoms in total. The lowest BCUT2D eigenvalue weighted by atomic mass is 9.77. The van der Waals surface area contributed by atoms with Crippen molar-refractivity contribution in [3.05, 3.63) is 23.8 Å². The molecule has 2 N–H and O–H groups in total. The van der Waals surface area contributed by atoms with Crippen molar-refractivity contribution in [1.82, 2.24) is 0 Å². The third kappa shape index (κ3) is 1.98. The van der Waals surface area contributed by atoms with Crippen LogP contribution in [-0.4, -0.2) is 18.3 Å². The number of hydrogen-bond donors (Lipinski definition) is 1. The van der Waals surface area contributed by atoms with E-state index in [0.717, 1.165) is 0 Å². The van der Waals surface area contributed by atoms with Crippen molar-refractivity contribution in [2.75, 3.05) is 5.73 Å². The Morgan fingerprint density at radius 3 is 2.22 bits per heavy atom. The van der Waals surface area contributed by atoms with Crippen LogP contribution in [0.4, 0.5) is 5.69 Å². The second kappa shape index (κ2) is 4.01. The number of benzene rings is 1. The molecule has 0 amide bonds. The highest BCUT2D eigenvalue weighted by Gasteiger charge is 2.52. The minimum Gasteiger partial charge on any atom is -0.399 e. The molecule has 2 rings (SSSR count). The van der Waals surface area contributed by atoms with Gasteiger partial charge in [0.25, 0.3) is 0 Å². The van der Waals surface area contributed by atoms with Gasteiger partial charge >= 0.3 is 7.12 Å². The molecule has 1 aliphatic rings. The SMILES string of the molecule is CC1(C)OB(c2cc(C#N)ccc2N)OC1(C)C. The third-order valence-electron chi connectivity index (χ3n) is 3.72. The van der Waals surface area contributed by atoms with Crippen LogP contribution in [-0.2, 0) is 9.31 Å². The summed E-state index contributed by atoms with van der Waals surface area (Å²) < 4.78 is 11.8. The van der Waals surface area contributed by atoms with Crippen molar-refractivity contribution in [2.24, 2.45) is 0 Å². The summed E-state index contributed by atoms with van der Waals surface area (Å²) in [5.41, 5.74) is 6.95. The molecule has 1 aromatic carbocycles. The summed E-state index contributed by atoms with van der Waals surface area (Å²) in [6.45, 7) is 7.93. The van der Waals surface area contributed by atoms with Gasteiger partial charge in [-0.05, 0) is 45.9 Å². The minimum absolute atomic E-state index is 0.410. The van der Waals surface area contributed by atoms with Crippen LogP contribution in [0.15, 0.2) is 18.2 Å². The van der Waals surface area contributed by atoms with Gasteiger partial charge in [-0.15, -0.1) is 0 Å². The Kier molecular flexibility index (Phi) is 2.88. The number of anilines is 1. The van der Waals surface area contributed by atoms with E-state index in [2.05, 4.69) is 6.07 Å². The lowest BCUT2D eigenvalue weighted by Crippen LogP contribution is -2.41. The third-order valence-corrected chi connectivity index (χ3v) is 3.72. The minimum atomic E-state index is -0.525. The molecule has 0 unspecified atom stereocenters. The van der Waals surface area contributed by atoms with Crippen molar-refractivity contribution in [1.29, 1.82) is 5.26 Å². The van der Waals surface area contributed by atoms with Crippen LogP contribution in [0.3, 0.4) is 0 Å². The first-order chi connectivity index (χ1) is 8.27. The summed E-state index contributed by atoms with van der Waals surface area (Å²) in [5.74, 6) is 0. The molecule has 1 fully saturated rings. The van der Waals surface area contributed by atoms with Crippen molar-refractivity contribution in [3.8, 4) is 6.07 Å². The Morgan fingerprint density at radius 2 is 1.72 bits per heavy atom. The molecular weight excluding hydrogens is 227 g/mol. The van der Waals surface area contributed by atoms with Crippen LogP contribution in [0.25, 0.3) is 0 Å². The fraction of sp³-hybridized carbons (Fsp3) is 0.462. The molecule has 1 heterocycles. The Bertz CT molecular complexity index is 504. The molecule has 1 aromatic rings. The largest absolute Gasteiger partial charge is 0.497 e. The van der Waals surface area contributed by atoms with Gasteiger partial charge in [0.1, 0.15) is 0 Å². The molecule has 1 saturated heterocycles. The summed E-state index contributed by atoms with van der Waals surface area (Å²) in [7, 11) is -0.525. The van der Waals surface area contributed by atoms with E-state index in [1.165, 1.54) is 0 Å². The van der Waals surface area contributed by atoms with E-state index < -0.39 is 18.3 Å². The molecule has 0 atom stereocenters. The van der Waals surface area contributed by atoms with Gasteiger partial charge in [0.15, 0.2) is 0 Å². The number of nitrogens with zero attached hydrogens (tertiary/aromatic N) is 1. The van der Waals surface area contributed by atoms with Gasteiger partial charge in [-0.2, -0.15) is 5.26 Å². The lowest BCUT2D eigenvalue weighted by Gasteiger charge is -2.32. The van der Waals surface area contributed by atoms with Crippen molar-refractivity contribution in [2.45, 2.75) is 38.9 Å². The molecule has 5 heteroatoms. The fourth-order valence-corrected chi connectivity index (χ4v) is 1.82. The normalized spacial score (nSPS) is 20.7. The summed E-state index contributed by atoms with van der Waals surface area (Å²) in [4.78, 5) is 0. The van der Waals surface area contributed by atoms with Crippen molar-refractivity contribution >= 4 is 18.3 Å². The van der Waals surface area contributed by atoms with Gasteiger partial charge in [-0.1, -0.05) is 0 Å². The maximum Gasteiger partial charge on any atom is 0.497 e. The molecule has 94 valence electrons. The molecule has 0 spiro atoms. The average molecular weight is 244 g/mol. The molecule has 0 aromatic heterocycles. The van der Waals surface area contributed by atoms with Gasteiger partial charge < -0.3 is 15.0 Å². The topological polar surface area (TPSA) is 68.3 Å². The van der Waals surface area contributed by atoms with Crippen molar-refractivity contribution < 1.29 is 9.31 Å². The van der Waals surface area contributed by atoms with E-state index in [1.54, 1.807) is 18.2 Å². The standard InChI is InChI=1S/C13H17BN2O2/c1-12(2)13(3,4)18-14(17-12)10-7-9(8-15)5-6-11(10)16/h5-7H,16H2,1-4H3. The van der Waals surface area contributed by atoms with Gasteiger partial charge in [-0.3, -0.25) is 0 Å². The first kappa shape index (κ1) is 12.9. The predicted molar refractivity (Wildman–Crippen MR) is 71.3 cm³/mol. The maximum atomic E-state index is 8.93. The van der Waals surface area contributed by atoms with Crippen LogP contribution in [0, 0.1) is 11.3 Å². The molecule has 0 saturated carbocycles. The molecule has 1 aliphatic heterocycles. The van der Waals surface area contributed by atoms with Crippen molar-refractivity contribution in [3.63, 3.8) is 0 Å². The number of nitrogens with two attached hydrogens (primary N) is 1. The molecule has 0 aliphatic carbocycles. The Hall–Kier alpha value is -1.51. The second-order valence-electron chi connectivity index (χ2n) is 5.54. The van der Waals surface area contributed by atoms with Gasteiger partial charge in [-0.25, -0.2) is 0 Å². The van der Waals surface area contributed by atoms with E-state index in [9.17, 15) is 0 Å². The van der Waals surface area contributed by atoms with Crippen LogP contribution < -0.4 is 11.2 Å². The van der Waals surface area contributed by atoms with Crippen LogP contribution in [0.1, 0.15) is 33.3 Å². The zero-order valence-corrected chi connectivity index (χ0v) is 11.2. The maximum absolute atomic E-state index is 8.93. The fourth-order valence-electron chi connectivity index (χ4n) is 1.82. The van der Waals surface area contributed by atoms with Crippen LogP contribution in [0.2, 0.25) is 0 Å². The first-order valence-corrected chi connectivity index (χ1v) is 5.92. The van der Waals surface area contributed by atoms with E-state index in [0.29, 0.717) is 16.7 Å². The molecular formula is C13H17BN2O2. The predicted octanol–water partition coefficient (Wildman–Crippen LogP) is 1.44. The lowest BCUT2D eigenvalue weighted by molar-refractivity contribution is 0.00578. The average Bonchev–Trinajstić information content (AvgIpc) is 2.48. The number of rotatable bonds is 1.